The van der Waals surface area contributed by atoms with Crippen LogP contribution in [0.1, 0.15) is 11.5 Å². The van der Waals surface area contributed by atoms with Crippen LogP contribution in [-0.2, 0) is 22.5 Å². The van der Waals surface area contributed by atoms with E-state index in [-0.39, 0.29) is 24.4 Å². The molecule has 0 unspecified atom stereocenters. The number of oxazole rings is 1. The summed E-state index contributed by atoms with van der Waals surface area (Å²) >= 11 is 0. The largest absolute Gasteiger partial charge is 0.480 e. The van der Waals surface area contributed by atoms with Gasteiger partial charge in [0.2, 0.25) is 5.88 Å². The fourth-order valence-corrected chi connectivity index (χ4v) is 3.89. The van der Waals surface area contributed by atoms with Crippen LogP contribution in [0.4, 0.5) is 5.82 Å². The Balaban J connectivity index is 1.05. The van der Waals surface area contributed by atoms with Crippen molar-refractivity contribution in [3.63, 3.8) is 0 Å². The van der Waals surface area contributed by atoms with Gasteiger partial charge < -0.3 is 29.3 Å². The Morgan fingerprint density at radius 2 is 2.00 bits per heavy atom. The summed E-state index contributed by atoms with van der Waals surface area (Å²) in [5, 5.41) is 5.93. The van der Waals surface area contributed by atoms with Crippen LogP contribution < -0.4 is 25.9 Å². The van der Waals surface area contributed by atoms with Crippen LogP contribution in [0.3, 0.4) is 0 Å². The van der Waals surface area contributed by atoms with Gasteiger partial charge in [-0.1, -0.05) is 0 Å². The van der Waals surface area contributed by atoms with Crippen molar-refractivity contribution in [2.75, 3.05) is 31.7 Å². The van der Waals surface area contributed by atoms with E-state index in [1.807, 2.05) is 12.1 Å². The molecule has 6 heterocycles. The van der Waals surface area contributed by atoms with Gasteiger partial charge in [-0.15, -0.1) is 0 Å². The monoisotopic (exact) mass is 517 g/mol. The molecule has 1 fully saturated rings. The number of carbonyl (C=O) groups excluding carboxylic acids is 1. The van der Waals surface area contributed by atoms with E-state index in [4.69, 9.17) is 18.6 Å². The highest BCUT2D eigenvalue weighted by Crippen LogP contribution is 2.26. The topological polar surface area (TPSA) is 156 Å². The third-order valence-corrected chi connectivity index (χ3v) is 5.85. The molecule has 0 aliphatic carbocycles. The summed E-state index contributed by atoms with van der Waals surface area (Å²) in [6.45, 7) is 2.12. The van der Waals surface area contributed by atoms with Gasteiger partial charge >= 0.3 is 5.76 Å². The molecule has 1 saturated heterocycles. The Morgan fingerprint density at radius 1 is 1.11 bits per heavy atom. The maximum Gasteiger partial charge on any atom is 0.424 e. The number of hydrogen-bond acceptors (Lipinski definition) is 11. The van der Waals surface area contributed by atoms with Crippen molar-refractivity contribution in [3.8, 4) is 28.8 Å². The third kappa shape index (κ3) is 5.23. The molecule has 2 aliphatic rings. The maximum absolute atomic E-state index is 12.4. The summed E-state index contributed by atoms with van der Waals surface area (Å²) in [6.07, 6.45) is 5.47. The molecular formula is C25H23N7O6. The van der Waals surface area contributed by atoms with Crippen molar-refractivity contribution in [1.82, 2.24) is 29.8 Å². The lowest BCUT2D eigenvalue weighted by molar-refractivity contribution is -0.118. The molecule has 0 spiro atoms. The predicted molar refractivity (Wildman–Crippen MR) is 132 cm³/mol. The third-order valence-electron chi connectivity index (χ3n) is 5.85. The lowest BCUT2D eigenvalue weighted by Crippen LogP contribution is -2.38. The SMILES string of the molecule is O=C1COc2ccc(-n3cc(CCNCc4cc(-c5nccc(OC6COC6)n5)ccn4)oc3=O)nc2N1. The summed E-state index contributed by atoms with van der Waals surface area (Å²) in [6, 6.07) is 8.76. The van der Waals surface area contributed by atoms with E-state index in [0.717, 1.165) is 11.3 Å². The van der Waals surface area contributed by atoms with Gasteiger partial charge in [0.15, 0.2) is 24.0 Å². The van der Waals surface area contributed by atoms with Crippen molar-refractivity contribution in [1.29, 1.82) is 0 Å². The first-order chi connectivity index (χ1) is 18.6. The molecule has 13 nitrogen and oxygen atoms in total. The molecule has 4 aromatic rings. The van der Waals surface area contributed by atoms with E-state index >= 15 is 0 Å². The minimum absolute atomic E-state index is 0.0304. The molecule has 0 saturated carbocycles. The molecule has 0 bridgehead atoms. The van der Waals surface area contributed by atoms with Gasteiger partial charge in [-0.05, 0) is 24.3 Å². The van der Waals surface area contributed by atoms with Gasteiger partial charge in [0.25, 0.3) is 5.91 Å². The van der Waals surface area contributed by atoms with Gasteiger partial charge in [0.1, 0.15) is 17.7 Å². The van der Waals surface area contributed by atoms with Crippen LogP contribution in [0.25, 0.3) is 17.2 Å². The van der Waals surface area contributed by atoms with Crippen molar-refractivity contribution >= 4 is 11.7 Å². The minimum Gasteiger partial charge on any atom is -0.480 e. The molecule has 194 valence electrons. The second-order valence-corrected chi connectivity index (χ2v) is 8.64. The van der Waals surface area contributed by atoms with Crippen molar-refractivity contribution in [2.24, 2.45) is 0 Å². The number of fused-ring (bicyclic) bond motifs is 1. The molecule has 1 amide bonds. The van der Waals surface area contributed by atoms with Crippen LogP contribution in [-0.4, -0.2) is 62.9 Å². The molecule has 38 heavy (non-hydrogen) atoms. The fourth-order valence-electron chi connectivity index (χ4n) is 3.89. The predicted octanol–water partition coefficient (Wildman–Crippen LogP) is 1.12. The van der Waals surface area contributed by atoms with Gasteiger partial charge in [-0.25, -0.2) is 19.3 Å². The number of anilines is 1. The van der Waals surface area contributed by atoms with E-state index in [1.54, 1.807) is 36.8 Å². The van der Waals surface area contributed by atoms with Gasteiger partial charge in [0, 0.05) is 43.5 Å². The molecular weight excluding hydrogens is 494 g/mol. The Morgan fingerprint density at radius 3 is 2.87 bits per heavy atom. The van der Waals surface area contributed by atoms with E-state index in [2.05, 4.69) is 30.6 Å². The molecule has 2 aliphatic heterocycles. The number of amides is 1. The zero-order chi connectivity index (χ0) is 25.9. The summed E-state index contributed by atoms with van der Waals surface area (Å²) in [4.78, 5) is 41.5. The summed E-state index contributed by atoms with van der Waals surface area (Å²) in [5.41, 5.74) is 1.64. The highest BCUT2D eigenvalue weighted by molar-refractivity contribution is 5.94. The van der Waals surface area contributed by atoms with Crippen LogP contribution in [0.15, 0.2) is 58.1 Å². The van der Waals surface area contributed by atoms with E-state index in [9.17, 15) is 9.59 Å². The number of ether oxygens (including phenoxy) is 3. The Kier molecular flexibility index (Phi) is 6.50. The van der Waals surface area contributed by atoms with Gasteiger partial charge in [-0.3, -0.25) is 9.78 Å². The number of nitrogens with zero attached hydrogens (tertiary/aromatic N) is 5. The number of carbonyl (C=O) groups is 1. The maximum atomic E-state index is 12.4. The smallest absolute Gasteiger partial charge is 0.424 e. The highest BCUT2D eigenvalue weighted by Gasteiger charge is 2.21. The van der Waals surface area contributed by atoms with Gasteiger partial charge in [-0.2, -0.15) is 4.98 Å². The lowest BCUT2D eigenvalue weighted by atomic mass is 10.2. The van der Waals surface area contributed by atoms with E-state index < -0.39 is 5.76 Å². The normalized spacial score (nSPS) is 14.8. The number of nitrogens with one attached hydrogen (secondary N) is 2. The highest BCUT2D eigenvalue weighted by atomic mass is 16.6. The Hall–Kier alpha value is -4.62. The van der Waals surface area contributed by atoms with E-state index in [1.165, 1.54) is 4.57 Å². The molecule has 13 heteroatoms. The van der Waals surface area contributed by atoms with Crippen LogP contribution in [0.5, 0.6) is 11.6 Å². The second kappa shape index (κ2) is 10.4. The summed E-state index contributed by atoms with van der Waals surface area (Å²) in [7, 11) is 0. The average molecular weight is 518 g/mol. The first-order valence-corrected chi connectivity index (χ1v) is 12.0. The Bertz CT molecular complexity index is 1530. The van der Waals surface area contributed by atoms with Crippen LogP contribution in [0, 0.1) is 0 Å². The lowest BCUT2D eigenvalue weighted by Gasteiger charge is -2.26. The van der Waals surface area contributed by atoms with Gasteiger partial charge in [0.05, 0.1) is 25.1 Å². The zero-order valence-electron chi connectivity index (χ0n) is 20.1. The molecule has 2 N–H and O–H groups in total. The molecule has 0 radical (unpaired) electrons. The van der Waals surface area contributed by atoms with Crippen LogP contribution in [0.2, 0.25) is 0 Å². The van der Waals surface area contributed by atoms with E-state index in [0.29, 0.717) is 61.8 Å². The quantitative estimate of drug-likeness (QED) is 0.307. The van der Waals surface area contributed by atoms with Crippen molar-refractivity contribution in [3.05, 3.63) is 70.9 Å². The zero-order valence-corrected chi connectivity index (χ0v) is 20.1. The number of aromatic nitrogens is 5. The van der Waals surface area contributed by atoms with Crippen LogP contribution >= 0.6 is 0 Å². The number of hydrogen-bond donors (Lipinski definition) is 2. The molecule has 6 rings (SSSR count). The standard InChI is InChI=1S/C25H23N7O6/c33-21-14-36-19-1-2-20(29-24(19)30-21)32-11-17(38-25(32)34)4-6-26-10-16-9-15(3-7-27-16)23-28-8-5-22(31-23)37-18-12-35-13-18/h1-3,5,7-9,11,18,26H,4,6,10,12-14H2,(H,29,30,33). The molecule has 0 atom stereocenters. The first-order valence-electron chi connectivity index (χ1n) is 12.0. The number of pyridine rings is 2. The first kappa shape index (κ1) is 23.8. The average Bonchev–Trinajstić information content (AvgIpc) is 3.29. The Labute approximate surface area is 215 Å². The van der Waals surface area contributed by atoms with Crippen molar-refractivity contribution < 1.29 is 23.4 Å². The number of rotatable bonds is 9. The minimum atomic E-state index is -0.569. The molecule has 0 aromatic carbocycles. The summed E-state index contributed by atoms with van der Waals surface area (Å²) in [5.74, 6) is 1.72. The second-order valence-electron chi connectivity index (χ2n) is 8.64. The fraction of sp³-hybridized carbons (Fsp3) is 0.280. The molecule has 4 aromatic heterocycles. The summed E-state index contributed by atoms with van der Waals surface area (Å²) < 4.78 is 22.9. The van der Waals surface area contributed by atoms with Crippen molar-refractivity contribution in [2.45, 2.75) is 19.1 Å².